The van der Waals surface area contributed by atoms with Crippen LogP contribution in [0.15, 0.2) is 28.7 Å². The summed E-state index contributed by atoms with van der Waals surface area (Å²) in [5, 5.41) is 3.47. The lowest BCUT2D eigenvalue weighted by molar-refractivity contribution is 0.489. The van der Waals surface area contributed by atoms with Gasteiger partial charge in [-0.05, 0) is 38.0 Å². The fourth-order valence-electron chi connectivity index (χ4n) is 1.92. The van der Waals surface area contributed by atoms with Crippen LogP contribution < -0.4 is 5.32 Å². The van der Waals surface area contributed by atoms with Crippen LogP contribution in [0.3, 0.4) is 0 Å². The molecule has 1 aromatic carbocycles. The minimum atomic E-state index is -0.730. The van der Waals surface area contributed by atoms with Gasteiger partial charge in [-0.3, -0.25) is 4.21 Å². The Hall–Kier alpha value is -0.190. The van der Waals surface area contributed by atoms with Crippen molar-refractivity contribution in [3.05, 3.63) is 34.3 Å². The van der Waals surface area contributed by atoms with Crippen molar-refractivity contribution in [3.8, 4) is 0 Å². The Balaban J connectivity index is 2.41. The van der Waals surface area contributed by atoms with Crippen molar-refractivity contribution < 1.29 is 4.21 Å². The SMILES string of the molecule is CC(Cc1ccc(Br)cc1)NC(C)CS(C)=O. The predicted molar refractivity (Wildman–Crippen MR) is 78.8 cm³/mol. The Bertz CT molecular complexity index is 366. The van der Waals surface area contributed by atoms with Crippen molar-refractivity contribution in [3.63, 3.8) is 0 Å². The molecule has 0 radical (unpaired) electrons. The average Bonchev–Trinajstić information content (AvgIpc) is 2.19. The van der Waals surface area contributed by atoms with Crippen LogP contribution in [0.25, 0.3) is 0 Å². The summed E-state index contributed by atoms with van der Waals surface area (Å²) in [6.07, 6.45) is 2.74. The maximum Gasteiger partial charge on any atom is 0.0383 e. The van der Waals surface area contributed by atoms with Gasteiger partial charge in [0.25, 0.3) is 0 Å². The van der Waals surface area contributed by atoms with Gasteiger partial charge in [0, 0.05) is 39.4 Å². The van der Waals surface area contributed by atoms with Crippen molar-refractivity contribution in [1.82, 2.24) is 5.32 Å². The molecule has 0 saturated carbocycles. The second-order valence-corrected chi connectivity index (χ2v) is 6.93. The first-order valence-corrected chi connectivity index (χ1v) is 8.30. The van der Waals surface area contributed by atoms with Crippen LogP contribution in [0.2, 0.25) is 0 Å². The van der Waals surface area contributed by atoms with Crippen LogP contribution in [0.5, 0.6) is 0 Å². The first-order chi connectivity index (χ1) is 7.97. The van der Waals surface area contributed by atoms with Gasteiger partial charge in [-0.2, -0.15) is 0 Å². The minimum absolute atomic E-state index is 0.297. The molecule has 2 nitrogen and oxygen atoms in total. The molecule has 0 bridgehead atoms. The van der Waals surface area contributed by atoms with Gasteiger partial charge in [-0.25, -0.2) is 0 Å². The van der Waals surface area contributed by atoms with Gasteiger partial charge in [-0.15, -0.1) is 0 Å². The van der Waals surface area contributed by atoms with E-state index in [0.717, 1.165) is 10.9 Å². The summed E-state index contributed by atoms with van der Waals surface area (Å²) >= 11 is 3.43. The summed E-state index contributed by atoms with van der Waals surface area (Å²) in [5.41, 5.74) is 1.32. The number of benzene rings is 1. The summed E-state index contributed by atoms with van der Waals surface area (Å²) in [7, 11) is -0.730. The summed E-state index contributed by atoms with van der Waals surface area (Å²) in [4.78, 5) is 0. The summed E-state index contributed by atoms with van der Waals surface area (Å²) in [6, 6.07) is 9.08. The number of hydrogen-bond donors (Lipinski definition) is 1. The maximum absolute atomic E-state index is 11.1. The van der Waals surface area contributed by atoms with Gasteiger partial charge in [0.2, 0.25) is 0 Å². The third kappa shape index (κ3) is 6.34. The van der Waals surface area contributed by atoms with E-state index in [0.29, 0.717) is 17.8 Å². The third-order valence-corrected chi connectivity index (χ3v) is 4.01. The Labute approximate surface area is 115 Å². The van der Waals surface area contributed by atoms with E-state index in [-0.39, 0.29) is 0 Å². The van der Waals surface area contributed by atoms with Gasteiger partial charge in [0.15, 0.2) is 0 Å². The fraction of sp³-hybridized carbons (Fsp3) is 0.538. The molecule has 0 aliphatic carbocycles. The lowest BCUT2D eigenvalue weighted by Gasteiger charge is -2.19. The summed E-state index contributed by atoms with van der Waals surface area (Å²) < 4.78 is 12.2. The van der Waals surface area contributed by atoms with E-state index in [1.54, 1.807) is 6.26 Å². The van der Waals surface area contributed by atoms with Crippen LogP contribution >= 0.6 is 15.9 Å². The normalized spacial score (nSPS) is 16.5. The lowest BCUT2D eigenvalue weighted by Crippen LogP contribution is -2.38. The van der Waals surface area contributed by atoms with E-state index >= 15 is 0 Å². The van der Waals surface area contributed by atoms with Crippen LogP contribution in [0.4, 0.5) is 0 Å². The van der Waals surface area contributed by atoms with Crippen molar-refractivity contribution in [2.75, 3.05) is 12.0 Å². The molecule has 96 valence electrons. The van der Waals surface area contributed by atoms with Crippen molar-refractivity contribution in [2.24, 2.45) is 0 Å². The standard InChI is InChI=1S/C13H20BrNOS/c1-10(15-11(2)9-17(3)16)8-12-4-6-13(14)7-5-12/h4-7,10-11,15H,8-9H2,1-3H3. The smallest absolute Gasteiger partial charge is 0.0383 e. The van der Waals surface area contributed by atoms with E-state index in [1.807, 2.05) is 0 Å². The second kappa shape index (κ2) is 7.29. The molecule has 0 heterocycles. The monoisotopic (exact) mass is 317 g/mol. The molecule has 17 heavy (non-hydrogen) atoms. The van der Waals surface area contributed by atoms with Crippen LogP contribution in [0.1, 0.15) is 19.4 Å². The molecule has 0 spiro atoms. The van der Waals surface area contributed by atoms with E-state index in [1.165, 1.54) is 5.56 Å². The molecule has 1 rings (SSSR count). The van der Waals surface area contributed by atoms with Gasteiger partial charge in [0.1, 0.15) is 0 Å². The Kier molecular flexibility index (Phi) is 6.38. The van der Waals surface area contributed by atoms with Gasteiger partial charge < -0.3 is 5.32 Å². The highest BCUT2D eigenvalue weighted by Gasteiger charge is 2.09. The van der Waals surface area contributed by atoms with E-state index in [2.05, 4.69) is 59.4 Å². The van der Waals surface area contributed by atoms with Crippen LogP contribution in [-0.4, -0.2) is 28.3 Å². The van der Waals surface area contributed by atoms with Gasteiger partial charge in [0.05, 0.1) is 0 Å². The van der Waals surface area contributed by atoms with Crippen molar-refractivity contribution >= 4 is 26.7 Å². The molecule has 0 saturated heterocycles. The van der Waals surface area contributed by atoms with E-state index in [4.69, 9.17) is 0 Å². The van der Waals surface area contributed by atoms with Gasteiger partial charge in [-0.1, -0.05) is 28.1 Å². The molecule has 0 fully saturated rings. The predicted octanol–water partition coefficient (Wildman–Crippen LogP) is 2.74. The molecular formula is C13H20BrNOS. The first kappa shape index (κ1) is 14.9. The molecule has 4 heteroatoms. The van der Waals surface area contributed by atoms with Crippen LogP contribution in [0, 0.1) is 0 Å². The molecule has 3 unspecified atom stereocenters. The number of nitrogens with one attached hydrogen (secondary N) is 1. The molecule has 0 amide bonds. The summed E-state index contributed by atoms with van der Waals surface area (Å²) in [5.74, 6) is 0.713. The van der Waals surface area contributed by atoms with Crippen LogP contribution in [-0.2, 0) is 17.2 Å². The zero-order valence-electron chi connectivity index (χ0n) is 10.6. The Morgan fingerprint density at radius 3 is 2.35 bits per heavy atom. The number of rotatable bonds is 6. The second-order valence-electron chi connectivity index (χ2n) is 4.54. The topological polar surface area (TPSA) is 29.1 Å². The Morgan fingerprint density at radius 1 is 1.24 bits per heavy atom. The van der Waals surface area contributed by atoms with E-state index < -0.39 is 10.8 Å². The molecule has 0 aromatic heterocycles. The Morgan fingerprint density at radius 2 is 1.82 bits per heavy atom. The average molecular weight is 318 g/mol. The fourth-order valence-corrected chi connectivity index (χ4v) is 2.98. The highest BCUT2D eigenvalue weighted by molar-refractivity contribution is 9.10. The third-order valence-electron chi connectivity index (χ3n) is 2.51. The highest BCUT2D eigenvalue weighted by atomic mass is 79.9. The molecular weight excluding hydrogens is 298 g/mol. The zero-order valence-corrected chi connectivity index (χ0v) is 13.0. The maximum atomic E-state index is 11.1. The minimum Gasteiger partial charge on any atom is -0.311 e. The quantitative estimate of drug-likeness (QED) is 0.874. The van der Waals surface area contributed by atoms with Gasteiger partial charge >= 0.3 is 0 Å². The highest BCUT2D eigenvalue weighted by Crippen LogP contribution is 2.12. The van der Waals surface area contributed by atoms with E-state index in [9.17, 15) is 4.21 Å². The summed E-state index contributed by atoms with van der Waals surface area (Å²) in [6.45, 7) is 4.25. The zero-order chi connectivity index (χ0) is 12.8. The van der Waals surface area contributed by atoms with Crippen molar-refractivity contribution in [2.45, 2.75) is 32.4 Å². The molecule has 0 aliphatic rings. The number of hydrogen-bond acceptors (Lipinski definition) is 2. The molecule has 1 N–H and O–H groups in total. The first-order valence-electron chi connectivity index (χ1n) is 5.78. The largest absolute Gasteiger partial charge is 0.311 e. The molecule has 3 atom stereocenters. The molecule has 1 aromatic rings. The van der Waals surface area contributed by atoms with Crippen molar-refractivity contribution in [1.29, 1.82) is 0 Å². The molecule has 0 aliphatic heterocycles. The number of halogens is 1. The lowest BCUT2D eigenvalue weighted by atomic mass is 10.1.